The molecule has 0 spiro atoms. The molecule has 29 heavy (non-hydrogen) atoms. The van der Waals surface area contributed by atoms with E-state index in [1.807, 2.05) is 30.3 Å². The molecule has 0 saturated heterocycles. The van der Waals surface area contributed by atoms with Crippen LogP contribution in [0.3, 0.4) is 0 Å². The van der Waals surface area contributed by atoms with Crippen molar-refractivity contribution in [1.29, 1.82) is 0 Å². The van der Waals surface area contributed by atoms with Gasteiger partial charge < -0.3 is 20.1 Å². The lowest BCUT2D eigenvalue weighted by Gasteiger charge is -2.12. The summed E-state index contributed by atoms with van der Waals surface area (Å²) < 4.78 is 10.6. The topological polar surface area (TPSA) is 59.6 Å². The van der Waals surface area contributed by atoms with Crippen molar-refractivity contribution in [1.82, 2.24) is 0 Å². The molecule has 0 aromatic heterocycles. The molecule has 3 rings (SSSR count). The third kappa shape index (κ3) is 6.04. The van der Waals surface area contributed by atoms with Gasteiger partial charge in [-0.25, -0.2) is 0 Å². The highest BCUT2D eigenvalue weighted by atomic mass is 35.5. The van der Waals surface area contributed by atoms with E-state index < -0.39 is 0 Å². The molecule has 0 aliphatic heterocycles. The number of carbonyl (C=O) groups is 1. The molecule has 5 nitrogen and oxygen atoms in total. The molecule has 3 aromatic carbocycles. The van der Waals surface area contributed by atoms with Crippen LogP contribution in [0.25, 0.3) is 0 Å². The van der Waals surface area contributed by atoms with Gasteiger partial charge in [0.2, 0.25) is 0 Å². The second-order valence-electron chi connectivity index (χ2n) is 6.16. The maximum Gasteiger partial charge on any atom is 0.262 e. The first kappa shape index (κ1) is 20.8. The number of rotatable bonds is 8. The smallest absolute Gasteiger partial charge is 0.262 e. The molecule has 150 valence electrons. The molecule has 3 aromatic rings. The number of halogens is 2. The first-order valence-electron chi connectivity index (χ1n) is 8.88. The van der Waals surface area contributed by atoms with E-state index in [9.17, 15) is 4.79 Å². The molecule has 0 unspecified atom stereocenters. The van der Waals surface area contributed by atoms with E-state index in [0.717, 1.165) is 17.0 Å². The van der Waals surface area contributed by atoms with Gasteiger partial charge in [-0.1, -0.05) is 41.4 Å². The Hall–Kier alpha value is -2.89. The zero-order valence-corrected chi connectivity index (χ0v) is 17.3. The van der Waals surface area contributed by atoms with E-state index in [2.05, 4.69) is 10.6 Å². The number of carbonyl (C=O) groups excluding carboxylic acids is 1. The van der Waals surface area contributed by atoms with Crippen LogP contribution in [0.5, 0.6) is 11.5 Å². The van der Waals surface area contributed by atoms with Crippen LogP contribution in [-0.4, -0.2) is 19.6 Å². The Labute approximate surface area is 179 Å². The average molecular weight is 431 g/mol. The monoisotopic (exact) mass is 430 g/mol. The number of para-hydroxylation sites is 1. The first-order valence-corrected chi connectivity index (χ1v) is 9.64. The summed E-state index contributed by atoms with van der Waals surface area (Å²) in [4.78, 5) is 12.1. The van der Waals surface area contributed by atoms with Gasteiger partial charge in [0.1, 0.15) is 11.5 Å². The number of anilines is 2. The number of nitrogens with one attached hydrogen (secondary N) is 2. The van der Waals surface area contributed by atoms with Crippen molar-refractivity contribution in [3.8, 4) is 11.5 Å². The van der Waals surface area contributed by atoms with Gasteiger partial charge >= 0.3 is 0 Å². The highest BCUT2D eigenvalue weighted by Gasteiger charge is 2.08. The Morgan fingerprint density at radius 3 is 2.41 bits per heavy atom. The van der Waals surface area contributed by atoms with E-state index in [1.54, 1.807) is 43.5 Å². The summed E-state index contributed by atoms with van der Waals surface area (Å²) in [6.45, 7) is 0.407. The summed E-state index contributed by atoms with van der Waals surface area (Å²) in [5.41, 5.74) is 2.47. The number of methoxy groups -OCH3 is 1. The van der Waals surface area contributed by atoms with Crippen LogP contribution in [0.2, 0.25) is 10.0 Å². The van der Waals surface area contributed by atoms with Gasteiger partial charge in [-0.3, -0.25) is 4.79 Å². The van der Waals surface area contributed by atoms with Gasteiger partial charge in [-0.2, -0.15) is 0 Å². The Bertz CT molecular complexity index is 978. The molecule has 1 amide bonds. The molecule has 0 radical (unpaired) electrons. The van der Waals surface area contributed by atoms with Gasteiger partial charge in [0.05, 0.1) is 22.8 Å². The predicted molar refractivity (Wildman–Crippen MR) is 117 cm³/mol. The number of amides is 1. The normalized spacial score (nSPS) is 10.3. The van der Waals surface area contributed by atoms with Crippen LogP contribution >= 0.6 is 23.2 Å². The van der Waals surface area contributed by atoms with Gasteiger partial charge in [-0.05, 0) is 54.1 Å². The van der Waals surface area contributed by atoms with E-state index in [1.165, 1.54) is 0 Å². The molecule has 2 N–H and O–H groups in total. The zero-order chi connectivity index (χ0) is 20.6. The first-order chi connectivity index (χ1) is 14.0. The Kier molecular flexibility index (Phi) is 7.22. The fourth-order valence-corrected chi connectivity index (χ4v) is 3.05. The fraction of sp³-hybridized carbons (Fsp3) is 0.136. The van der Waals surface area contributed by atoms with Crippen molar-refractivity contribution >= 4 is 40.5 Å². The minimum Gasteiger partial charge on any atom is -0.497 e. The van der Waals surface area contributed by atoms with Crippen molar-refractivity contribution in [2.45, 2.75) is 6.54 Å². The summed E-state index contributed by atoms with van der Waals surface area (Å²) in [7, 11) is 1.59. The number of benzene rings is 3. The summed E-state index contributed by atoms with van der Waals surface area (Å²) in [6, 6.07) is 20.0. The highest BCUT2D eigenvalue weighted by molar-refractivity contribution is 6.33. The quantitative estimate of drug-likeness (QED) is 0.485. The standard InChI is InChI=1S/C22H20Cl2N2O3/c1-28-17-9-7-16(8-10-17)26-22(27)14-29-21-11-6-15(12-19(21)24)13-25-20-5-3-2-4-18(20)23/h2-12,25H,13-14H2,1H3,(H,26,27). The zero-order valence-electron chi connectivity index (χ0n) is 15.7. The minimum atomic E-state index is -0.282. The van der Waals surface area contributed by atoms with Crippen LogP contribution in [0.4, 0.5) is 11.4 Å². The SMILES string of the molecule is COc1ccc(NC(=O)COc2ccc(CNc3ccccc3Cl)cc2Cl)cc1. The van der Waals surface area contributed by atoms with Crippen molar-refractivity contribution < 1.29 is 14.3 Å². The van der Waals surface area contributed by atoms with Crippen molar-refractivity contribution in [2.24, 2.45) is 0 Å². The molecule has 0 aliphatic rings. The van der Waals surface area contributed by atoms with Crippen LogP contribution in [0.15, 0.2) is 66.7 Å². The van der Waals surface area contributed by atoms with Crippen molar-refractivity contribution in [3.63, 3.8) is 0 Å². The lowest BCUT2D eigenvalue weighted by Crippen LogP contribution is -2.20. The Morgan fingerprint density at radius 1 is 0.966 bits per heavy atom. The Morgan fingerprint density at radius 2 is 1.72 bits per heavy atom. The molecule has 0 atom stereocenters. The van der Waals surface area contributed by atoms with E-state index in [-0.39, 0.29) is 12.5 Å². The fourth-order valence-electron chi connectivity index (χ4n) is 2.59. The third-order valence-electron chi connectivity index (χ3n) is 4.09. The molecule has 0 saturated carbocycles. The largest absolute Gasteiger partial charge is 0.497 e. The maximum absolute atomic E-state index is 12.1. The summed E-state index contributed by atoms with van der Waals surface area (Å²) in [5, 5.41) is 7.10. The molecular formula is C22H20Cl2N2O3. The second kappa shape index (κ2) is 10.0. The number of ether oxygens (including phenoxy) is 2. The van der Waals surface area contributed by atoms with Gasteiger partial charge in [0.15, 0.2) is 6.61 Å². The lowest BCUT2D eigenvalue weighted by molar-refractivity contribution is -0.118. The predicted octanol–water partition coefficient (Wildman–Crippen LogP) is 5.63. The average Bonchev–Trinajstić information content (AvgIpc) is 2.73. The summed E-state index contributed by atoms with van der Waals surface area (Å²) >= 11 is 12.4. The van der Waals surface area contributed by atoms with Crippen molar-refractivity contribution in [2.75, 3.05) is 24.4 Å². The molecule has 0 bridgehead atoms. The van der Waals surface area contributed by atoms with E-state index in [0.29, 0.717) is 28.0 Å². The summed E-state index contributed by atoms with van der Waals surface area (Å²) in [5.74, 6) is 0.879. The van der Waals surface area contributed by atoms with Crippen molar-refractivity contribution in [3.05, 3.63) is 82.3 Å². The third-order valence-corrected chi connectivity index (χ3v) is 4.71. The van der Waals surface area contributed by atoms with E-state index >= 15 is 0 Å². The maximum atomic E-state index is 12.1. The second-order valence-corrected chi connectivity index (χ2v) is 6.98. The van der Waals surface area contributed by atoms with Gasteiger partial charge in [0.25, 0.3) is 5.91 Å². The molecule has 0 aliphatic carbocycles. The van der Waals surface area contributed by atoms with Crippen LogP contribution in [-0.2, 0) is 11.3 Å². The number of hydrogen-bond acceptors (Lipinski definition) is 4. The number of hydrogen-bond donors (Lipinski definition) is 2. The van der Waals surface area contributed by atoms with Gasteiger partial charge in [-0.15, -0.1) is 0 Å². The molecule has 0 fully saturated rings. The Balaban J connectivity index is 1.52. The van der Waals surface area contributed by atoms with Crippen LogP contribution in [0.1, 0.15) is 5.56 Å². The van der Waals surface area contributed by atoms with E-state index in [4.69, 9.17) is 32.7 Å². The van der Waals surface area contributed by atoms with Crippen LogP contribution in [0, 0.1) is 0 Å². The highest BCUT2D eigenvalue weighted by Crippen LogP contribution is 2.27. The molecule has 7 heteroatoms. The molecular weight excluding hydrogens is 411 g/mol. The summed E-state index contributed by atoms with van der Waals surface area (Å²) in [6.07, 6.45) is 0. The van der Waals surface area contributed by atoms with Gasteiger partial charge in [0, 0.05) is 12.2 Å². The minimum absolute atomic E-state index is 0.150. The molecule has 0 heterocycles. The van der Waals surface area contributed by atoms with Crippen LogP contribution < -0.4 is 20.1 Å². The lowest BCUT2D eigenvalue weighted by atomic mass is 10.2.